The molecule has 2 amide bonds. The average Bonchev–Trinajstić information content (AvgIpc) is 3.36. The van der Waals surface area contributed by atoms with E-state index in [4.69, 9.17) is 4.74 Å². The number of hydrogen-bond acceptors (Lipinski definition) is 5. The van der Waals surface area contributed by atoms with E-state index in [1.165, 1.54) is 0 Å². The predicted molar refractivity (Wildman–Crippen MR) is 92.4 cm³/mol. The molecule has 2 aliphatic rings. The standard InChI is InChI=1S/C18H21N5O3/c1-22-14(5-8-21-22)16(24)23-9-6-18(12-23)13(10-20-17(18)25)11-26-15-4-2-3-7-19-15/h2-5,7-8,13H,6,9-12H2,1H3,(H,20,25)/t13-,18-/m1/s1. The van der Waals surface area contributed by atoms with Crippen LogP contribution in [0.5, 0.6) is 5.88 Å². The molecule has 1 N–H and O–H groups in total. The molecule has 2 fully saturated rings. The lowest BCUT2D eigenvalue weighted by molar-refractivity contribution is -0.128. The lowest BCUT2D eigenvalue weighted by Gasteiger charge is -2.27. The van der Waals surface area contributed by atoms with Crippen molar-refractivity contribution < 1.29 is 14.3 Å². The number of pyridine rings is 1. The zero-order valence-corrected chi connectivity index (χ0v) is 14.6. The molecule has 0 saturated carbocycles. The fraction of sp³-hybridized carbons (Fsp3) is 0.444. The third kappa shape index (κ3) is 2.71. The number of hydrogen-bond donors (Lipinski definition) is 1. The van der Waals surface area contributed by atoms with Gasteiger partial charge in [-0.15, -0.1) is 0 Å². The molecule has 2 aromatic rings. The summed E-state index contributed by atoms with van der Waals surface area (Å²) in [5.74, 6) is 0.461. The van der Waals surface area contributed by atoms with Gasteiger partial charge in [-0.25, -0.2) is 4.98 Å². The number of likely N-dealkylation sites (tertiary alicyclic amines) is 1. The zero-order chi connectivity index (χ0) is 18.1. The number of nitrogens with zero attached hydrogens (tertiary/aromatic N) is 4. The van der Waals surface area contributed by atoms with E-state index in [0.717, 1.165) is 0 Å². The minimum absolute atomic E-state index is 0.00124. The zero-order valence-electron chi connectivity index (χ0n) is 14.6. The van der Waals surface area contributed by atoms with Crippen LogP contribution in [0.15, 0.2) is 36.7 Å². The highest BCUT2D eigenvalue weighted by molar-refractivity contribution is 5.94. The Bertz CT molecular complexity index is 821. The van der Waals surface area contributed by atoms with Gasteiger partial charge in [0.1, 0.15) is 5.69 Å². The summed E-state index contributed by atoms with van der Waals surface area (Å²) in [6.45, 7) is 1.90. The number of ether oxygens (including phenoxy) is 1. The summed E-state index contributed by atoms with van der Waals surface area (Å²) < 4.78 is 7.35. The summed E-state index contributed by atoms with van der Waals surface area (Å²) in [4.78, 5) is 31.3. The fourth-order valence-corrected chi connectivity index (χ4v) is 3.88. The van der Waals surface area contributed by atoms with Crippen LogP contribution < -0.4 is 10.1 Å². The van der Waals surface area contributed by atoms with Crippen molar-refractivity contribution in [2.75, 3.05) is 26.2 Å². The van der Waals surface area contributed by atoms with Gasteiger partial charge >= 0.3 is 0 Å². The summed E-state index contributed by atoms with van der Waals surface area (Å²) in [5, 5.41) is 7.00. The number of carbonyl (C=O) groups is 2. The fourth-order valence-electron chi connectivity index (χ4n) is 3.88. The molecular formula is C18H21N5O3. The van der Waals surface area contributed by atoms with Crippen molar-refractivity contribution in [1.29, 1.82) is 0 Å². The van der Waals surface area contributed by atoms with Crippen LogP contribution in [0.4, 0.5) is 0 Å². The number of aryl methyl sites for hydroxylation is 1. The molecule has 0 unspecified atom stereocenters. The second kappa shape index (κ2) is 6.44. The van der Waals surface area contributed by atoms with Gasteiger partial charge in [0, 0.05) is 51.1 Å². The molecule has 8 heteroatoms. The third-order valence-electron chi connectivity index (χ3n) is 5.44. The maximum atomic E-state index is 12.8. The van der Waals surface area contributed by atoms with Gasteiger partial charge in [0.15, 0.2) is 0 Å². The van der Waals surface area contributed by atoms with Crippen molar-refractivity contribution in [2.24, 2.45) is 18.4 Å². The summed E-state index contributed by atoms with van der Waals surface area (Å²) >= 11 is 0. The summed E-state index contributed by atoms with van der Waals surface area (Å²) in [5.41, 5.74) is -0.0648. The first-order valence-corrected chi connectivity index (χ1v) is 8.69. The van der Waals surface area contributed by atoms with Gasteiger partial charge in [0.2, 0.25) is 11.8 Å². The summed E-state index contributed by atoms with van der Waals surface area (Å²) in [6, 6.07) is 7.18. The van der Waals surface area contributed by atoms with Gasteiger partial charge in [-0.05, 0) is 18.6 Å². The molecule has 2 atom stereocenters. The molecule has 136 valence electrons. The quantitative estimate of drug-likeness (QED) is 0.861. The van der Waals surface area contributed by atoms with Crippen molar-refractivity contribution in [3.05, 3.63) is 42.4 Å². The molecule has 26 heavy (non-hydrogen) atoms. The SMILES string of the molecule is Cn1nccc1C(=O)N1CC[C@]2(C1)C(=O)NC[C@@H]2COc1ccccn1. The smallest absolute Gasteiger partial charge is 0.272 e. The van der Waals surface area contributed by atoms with Gasteiger partial charge in [0.05, 0.1) is 12.0 Å². The van der Waals surface area contributed by atoms with Crippen LogP contribution in [0.3, 0.4) is 0 Å². The van der Waals surface area contributed by atoms with E-state index in [9.17, 15) is 9.59 Å². The monoisotopic (exact) mass is 355 g/mol. The number of amides is 2. The number of nitrogens with one attached hydrogen (secondary N) is 1. The Morgan fingerprint density at radius 1 is 1.38 bits per heavy atom. The molecule has 0 aromatic carbocycles. The molecule has 4 rings (SSSR count). The largest absolute Gasteiger partial charge is 0.477 e. The van der Waals surface area contributed by atoms with Crippen LogP contribution in [0.25, 0.3) is 0 Å². The lowest BCUT2D eigenvalue weighted by Crippen LogP contribution is -2.41. The minimum atomic E-state index is -0.594. The third-order valence-corrected chi connectivity index (χ3v) is 5.44. The Morgan fingerprint density at radius 3 is 3.00 bits per heavy atom. The Labute approximate surface area is 151 Å². The Kier molecular flexibility index (Phi) is 4.10. The van der Waals surface area contributed by atoms with Crippen LogP contribution in [-0.2, 0) is 11.8 Å². The maximum absolute atomic E-state index is 12.8. The highest BCUT2D eigenvalue weighted by Crippen LogP contribution is 2.42. The van der Waals surface area contributed by atoms with Gasteiger partial charge in [-0.3, -0.25) is 14.3 Å². The molecule has 0 bridgehead atoms. The molecule has 2 aromatic heterocycles. The van der Waals surface area contributed by atoms with Crippen molar-refractivity contribution >= 4 is 11.8 Å². The molecular weight excluding hydrogens is 334 g/mol. The first-order chi connectivity index (χ1) is 12.6. The molecule has 2 aliphatic heterocycles. The normalized spacial score (nSPS) is 24.9. The van der Waals surface area contributed by atoms with E-state index in [-0.39, 0.29) is 17.7 Å². The first kappa shape index (κ1) is 16.6. The second-order valence-electron chi connectivity index (χ2n) is 6.86. The molecule has 8 nitrogen and oxygen atoms in total. The second-order valence-corrected chi connectivity index (χ2v) is 6.86. The topological polar surface area (TPSA) is 89.4 Å². The van der Waals surface area contributed by atoms with E-state index >= 15 is 0 Å². The van der Waals surface area contributed by atoms with E-state index < -0.39 is 5.41 Å². The van der Waals surface area contributed by atoms with Crippen LogP contribution in [0, 0.1) is 11.3 Å². The van der Waals surface area contributed by atoms with Crippen molar-refractivity contribution in [1.82, 2.24) is 25.0 Å². The Hall–Kier alpha value is -2.90. The predicted octanol–water partition coefficient (Wildman–Crippen LogP) is 0.472. The number of carbonyl (C=O) groups excluding carboxylic acids is 2. The molecule has 4 heterocycles. The van der Waals surface area contributed by atoms with Crippen molar-refractivity contribution in [2.45, 2.75) is 6.42 Å². The van der Waals surface area contributed by atoms with E-state index in [0.29, 0.717) is 44.2 Å². The van der Waals surface area contributed by atoms with Crippen LogP contribution in [-0.4, -0.2) is 57.7 Å². The van der Waals surface area contributed by atoms with Gasteiger partial charge < -0.3 is 15.0 Å². The van der Waals surface area contributed by atoms with Gasteiger partial charge in [-0.2, -0.15) is 5.10 Å². The minimum Gasteiger partial charge on any atom is -0.477 e. The number of aromatic nitrogens is 3. The highest BCUT2D eigenvalue weighted by Gasteiger charge is 2.55. The molecule has 0 aliphatic carbocycles. The van der Waals surface area contributed by atoms with E-state index in [1.807, 2.05) is 12.1 Å². The van der Waals surface area contributed by atoms with Crippen LogP contribution >= 0.6 is 0 Å². The maximum Gasteiger partial charge on any atom is 0.272 e. The molecule has 2 saturated heterocycles. The number of rotatable bonds is 4. The summed E-state index contributed by atoms with van der Waals surface area (Å²) in [7, 11) is 1.74. The van der Waals surface area contributed by atoms with Gasteiger partial charge in [0.25, 0.3) is 5.91 Å². The summed E-state index contributed by atoms with van der Waals surface area (Å²) in [6.07, 6.45) is 3.91. The van der Waals surface area contributed by atoms with Crippen molar-refractivity contribution in [3.8, 4) is 5.88 Å². The van der Waals surface area contributed by atoms with E-state index in [2.05, 4.69) is 15.4 Å². The van der Waals surface area contributed by atoms with Crippen LogP contribution in [0.2, 0.25) is 0 Å². The highest BCUT2D eigenvalue weighted by atomic mass is 16.5. The Morgan fingerprint density at radius 2 is 2.27 bits per heavy atom. The Balaban J connectivity index is 1.48. The molecule has 0 radical (unpaired) electrons. The first-order valence-electron chi connectivity index (χ1n) is 8.69. The van der Waals surface area contributed by atoms with Crippen molar-refractivity contribution in [3.63, 3.8) is 0 Å². The van der Waals surface area contributed by atoms with Gasteiger partial charge in [-0.1, -0.05) is 6.07 Å². The van der Waals surface area contributed by atoms with E-state index in [1.54, 1.807) is 41.2 Å². The molecule has 1 spiro atoms. The van der Waals surface area contributed by atoms with Crippen LogP contribution in [0.1, 0.15) is 16.9 Å². The lowest BCUT2D eigenvalue weighted by atomic mass is 9.77. The average molecular weight is 355 g/mol.